The fourth-order valence-corrected chi connectivity index (χ4v) is 3.26. The quantitative estimate of drug-likeness (QED) is 0.779. The highest BCUT2D eigenvalue weighted by atomic mass is 16.1. The Morgan fingerprint density at radius 2 is 1.92 bits per heavy atom. The Morgan fingerprint density at radius 1 is 1.08 bits per heavy atom. The van der Waals surface area contributed by atoms with E-state index in [1.54, 1.807) is 36.8 Å². The largest absolute Gasteiger partial charge is 0.366 e. The zero-order valence-corrected chi connectivity index (χ0v) is 14.1. The third kappa shape index (κ3) is 3.11. The van der Waals surface area contributed by atoms with Gasteiger partial charge in [-0.3, -0.25) is 4.79 Å². The second-order valence-electron chi connectivity index (χ2n) is 6.15. The lowest BCUT2D eigenvalue weighted by atomic mass is 10.1. The Labute approximate surface area is 151 Å². The fourth-order valence-electron chi connectivity index (χ4n) is 3.26. The van der Waals surface area contributed by atoms with Crippen molar-refractivity contribution < 1.29 is 4.79 Å². The van der Waals surface area contributed by atoms with E-state index in [9.17, 15) is 4.79 Å². The Bertz CT molecular complexity index is 930. The maximum atomic E-state index is 11.4. The highest BCUT2D eigenvalue weighted by molar-refractivity contribution is 5.93. The molecular formula is C19H18N6O. The van der Waals surface area contributed by atoms with Crippen LogP contribution in [0.15, 0.2) is 55.0 Å². The van der Waals surface area contributed by atoms with Gasteiger partial charge in [0.25, 0.3) is 0 Å². The molecule has 0 spiro atoms. The van der Waals surface area contributed by atoms with E-state index in [0.717, 1.165) is 30.6 Å². The summed E-state index contributed by atoms with van der Waals surface area (Å²) in [6, 6.07) is 10.9. The predicted octanol–water partition coefficient (Wildman–Crippen LogP) is 2.37. The first-order valence-corrected chi connectivity index (χ1v) is 8.49. The molecule has 0 unspecified atom stereocenters. The molecule has 1 amide bonds. The summed E-state index contributed by atoms with van der Waals surface area (Å²) >= 11 is 0. The monoisotopic (exact) mass is 346 g/mol. The summed E-state index contributed by atoms with van der Waals surface area (Å²) in [6.45, 7) is 0.894. The van der Waals surface area contributed by atoms with Crippen molar-refractivity contribution in [2.45, 2.75) is 18.9 Å². The Kier molecular flexibility index (Phi) is 4.27. The van der Waals surface area contributed by atoms with Crippen molar-refractivity contribution >= 4 is 11.9 Å². The van der Waals surface area contributed by atoms with Crippen molar-refractivity contribution in [3.05, 3.63) is 66.2 Å². The molecular weight excluding hydrogens is 328 g/mol. The second-order valence-corrected chi connectivity index (χ2v) is 6.15. The van der Waals surface area contributed by atoms with Crippen molar-refractivity contribution in [2.75, 3.05) is 11.4 Å². The van der Waals surface area contributed by atoms with Crippen LogP contribution in [0, 0.1) is 0 Å². The molecule has 1 fully saturated rings. The van der Waals surface area contributed by atoms with Crippen LogP contribution in [0.5, 0.6) is 0 Å². The Hall–Kier alpha value is -3.35. The van der Waals surface area contributed by atoms with Gasteiger partial charge in [-0.15, -0.1) is 0 Å². The van der Waals surface area contributed by atoms with Crippen LogP contribution in [0.3, 0.4) is 0 Å². The number of carbonyl (C=O) groups excluding carboxylic acids is 1. The Balaban J connectivity index is 1.67. The lowest BCUT2D eigenvalue weighted by Gasteiger charge is -2.24. The molecule has 3 aromatic rings. The van der Waals surface area contributed by atoms with Crippen LogP contribution in [0.2, 0.25) is 0 Å². The summed E-state index contributed by atoms with van der Waals surface area (Å²) in [7, 11) is 0. The van der Waals surface area contributed by atoms with Crippen LogP contribution in [0.25, 0.3) is 11.4 Å². The third-order valence-corrected chi connectivity index (χ3v) is 4.49. The molecule has 0 radical (unpaired) electrons. The van der Waals surface area contributed by atoms with Gasteiger partial charge in [-0.05, 0) is 37.1 Å². The lowest BCUT2D eigenvalue weighted by molar-refractivity contribution is 0.100. The van der Waals surface area contributed by atoms with Crippen molar-refractivity contribution in [1.82, 2.24) is 19.9 Å². The summed E-state index contributed by atoms with van der Waals surface area (Å²) in [5, 5.41) is 0. The van der Waals surface area contributed by atoms with Gasteiger partial charge in [0.1, 0.15) is 0 Å². The average molecular weight is 346 g/mol. The molecule has 2 aromatic heterocycles. The van der Waals surface area contributed by atoms with Crippen LogP contribution in [-0.2, 0) is 0 Å². The van der Waals surface area contributed by atoms with E-state index in [1.807, 2.05) is 18.2 Å². The van der Waals surface area contributed by atoms with E-state index < -0.39 is 5.91 Å². The summed E-state index contributed by atoms with van der Waals surface area (Å²) < 4.78 is 0. The minimum absolute atomic E-state index is 0.110. The first-order valence-electron chi connectivity index (χ1n) is 8.49. The molecule has 130 valence electrons. The molecule has 1 atom stereocenters. The zero-order valence-electron chi connectivity index (χ0n) is 14.1. The minimum atomic E-state index is -0.466. The molecule has 3 heterocycles. The molecule has 4 rings (SSSR count). The molecule has 2 N–H and O–H groups in total. The van der Waals surface area contributed by atoms with Crippen molar-refractivity contribution in [3.63, 3.8) is 0 Å². The number of benzene rings is 1. The first-order chi connectivity index (χ1) is 12.7. The smallest absolute Gasteiger partial charge is 0.248 e. The van der Waals surface area contributed by atoms with Gasteiger partial charge in [0.05, 0.1) is 11.7 Å². The number of nitrogens with two attached hydrogens (primary N) is 1. The van der Waals surface area contributed by atoms with Crippen molar-refractivity contribution in [1.29, 1.82) is 0 Å². The van der Waals surface area contributed by atoms with Crippen LogP contribution < -0.4 is 10.6 Å². The molecule has 1 aliphatic rings. The predicted molar refractivity (Wildman–Crippen MR) is 97.3 cm³/mol. The summed E-state index contributed by atoms with van der Waals surface area (Å²) in [5.74, 6) is 0.823. The summed E-state index contributed by atoms with van der Waals surface area (Å²) in [4.78, 5) is 31.4. The number of nitrogens with zero attached hydrogens (tertiary/aromatic N) is 5. The van der Waals surface area contributed by atoms with Gasteiger partial charge in [0.2, 0.25) is 11.9 Å². The standard InChI is InChI=1S/C19H18N6O/c20-17(26)13-4-1-5-14(12-13)18-21-10-7-15(24-18)16-6-2-11-25(16)19-22-8-3-9-23-19/h1,3-5,7-10,12,16H,2,6,11H2,(H2,20,26)/t16-/m0/s1. The van der Waals surface area contributed by atoms with Crippen molar-refractivity contribution in [2.24, 2.45) is 5.73 Å². The first kappa shape index (κ1) is 16.1. The number of rotatable bonds is 4. The molecule has 7 nitrogen and oxygen atoms in total. The highest BCUT2D eigenvalue weighted by Gasteiger charge is 2.29. The number of anilines is 1. The molecule has 1 aliphatic heterocycles. The molecule has 0 aliphatic carbocycles. The van der Waals surface area contributed by atoms with Gasteiger partial charge in [-0.2, -0.15) is 0 Å². The van der Waals surface area contributed by atoms with Crippen LogP contribution in [0.1, 0.15) is 34.9 Å². The number of amides is 1. The van der Waals surface area contributed by atoms with E-state index in [1.165, 1.54) is 0 Å². The SMILES string of the molecule is NC(=O)c1cccc(-c2nccc([C@@H]3CCCN3c3ncccn3)n2)c1. The maximum absolute atomic E-state index is 11.4. The van der Waals surface area contributed by atoms with Gasteiger partial charge < -0.3 is 10.6 Å². The number of hydrogen-bond donors (Lipinski definition) is 1. The van der Waals surface area contributed by atoms with E-state index in [0.29, 0.717) is 17.3 Å². The van der Waals surface area contributed by atoms with E-state index >= 15 is 0 Å². The van der Waals surface area contributed by atoms with Crippen molar-refractivity contribution in [3.8, 4) is 11.4 Å². The van der Waals surface area contributed by atoms with Crippen LogP contribution in [0.4, 0.5) is 5.95 Å². The molecule has 0 bridgehead atoms. The van der Waals surface area contributed by atoms with Crippen LogP contribution >= 0.6 is 0 Å². The topological polar surface area (TPSA) is 97.9 Å². The van der Waals surface area contributed by atoms with E-state index in [-0.39, 0.29) is 6.04 Å². The lowest BCUT2D eigenvalue weighted by Crippen LogP contribution is -2.25. The molecule has 7 heteroatoms. The summed E-state index contributed by atoms with van der Waals surface area (Å²) in [6.07, 6.45) is 7.28. The molecule has 1 saturated heterocycles. The van der Waals surface area contributed by atoms with E-state index in [2.05, 4.69) is 19.9 Å². The highest BCUT2D eigenvalue weighted by Crippen LogP contribution is 2.33. The average Bonchev–Trinajstić information content (AvgIpc) is 3.19. The second kappa shape index (κ2) is 6.87. The fraction of sp³-hybridized carbons (Fsp3) is 0.211. The normalized spacial score (nSPS) is 16.6. The van der Waals surface area contributed by atoms with Gasteiger partial charge in [0.15, 0.2) is 5.82 Å². The van der Waals surface area contributed by atoms with E-state index in [4.69, 9.17) is 10.7 Å². The summed E-state index contributed by atoms with van der Waals surface area (Å²) in [5.41, 5.74) is 7.50. The van der Waals surface area contributed by atoms with Gasteiger partial charge in [-0.25, -0.2) is 19.9 Å². The zero-order chi connectivity index (χ0) is 17.9. The number of carbonyl (C=O) groups is 1. The van der Waals surface area contributed by atoms with Gasteiger partial charge >= 0.3 is 0 Å². The maximum Gasteiger partial charge on any atom is 0.248 e. The molecule has 0 saturated carbocycles. The Morgan fingerprint density at radius 3 is 2.73 bits per heavy atom. The number of hydrogen-bond acceptors (Lipinski definition) is 6. The number of aromatic nitrogens is 4. The number of primary amides is 1. The molecule has 1 aromatic carbocycles. The minimum Gasteiger partial charge on any atom is -0.366 e. The van der Waals surface area contributed by atoms with Gasteiger partial charge in [-0.1, -0.05) is 12.1 Å². The van der Waals surface area contributed by atoms with Crippen LogP contribution in [-0.4, -0.2) is 32.4 Å². The van der Waals surface area contributed by atoms with Gasteiger partial charge in [0, 0.05) is 36.3 Å². The third-order valence-electron chi connectivity index (χ3n) is 4.49. The molecule has 26 heavy (non-hydrogen) atoms.